The maximum Gasteiger partial charge on any atom is 0.328 e. The third-order valence-electron chi connectivity index (χ3n) is 3.83. The van der Waals surface area contributed by atoms with Gasteiger partial charge < -0.3 is 19.5 Å². The molecule has 0 aliphatic carbocycles. The van der Waals surface area contributed by atoms with Gasteiger partial charge in [0.25, 0.3) is 5.91 Å². The zero-order valence-electron chi connectivity index (χ0n) is 15.1. The van der Waals surface area contributed by atoms with Crippen molar-refractivity contribution in [3.63, 3.8) is 0 Å². The largest absolute Gasteiger partial charge is 0.468 e. The Hall–Kier alpha value is -1.94. The second-order valence-electron chi connectivity index (χ2n) is 5.52. The summed E-state index contributed by atoms with van der Waals surface area (Å²) in [6, 6.07) is 3.55. The van der Waals surface area contributed by atoms with Crippen molar-refractivity contribution in [3.05, 3.63) is 32.7 Å². The Morgan fingerprint density at radius 3 is 1.70 bits per heavy atom. The minimum Gasteiger partial charge on any atom is -0.468 e. The molecule has 0 aliphatic heterocycles. The first-order valence-corrected chi connectivity index (χ1v) is 9.25. The molecule has 8 nitrogen and oxygen atoms in total. The average molecular weight is 509 g/mol. The smallest absolute Gasteiger partial charge is 0.328 e. The number of esters is 3. The molecule has 0 unspecified atom stereocenters. The third-order valence-corrected chi connectivity index (χ3v) is 4.74. The number of ether oxygens (including phenoxy) is 3. The van der Waals surface area contributed by atoms with Gasteiger partial charge in [-0.05, 0) is 18.2 Å². The summed E-state index contributed by atoms with van der Waals surface area (Å²) < 4.78 is 15.3. The van der Waals surface area contributed by atoms with Crippen LogP contribution in [0.1, 0.15) is 17.3 Å². The number of methoxy groups -OCH3 is 3. The number of halogens is 2. The van der Waals surface area contributed by atoms with E-state index in [0.29, 0.717) is 8.95 Å². The van der Waals surface area contributed by atoms with Crippen LogP contribution >= 0.6 is 31.9 Å². The van der Waals surface area contributed by atoms with E-state index in [1.165, 1.54) is 6.92 Å². The van der Waals surface area contributed by atoms with E-state index in [2.05, 4.69) is 46.7 Å². The molecule has 0 aliphatic rings. The molecule has 2 atom stereocenters. The molecule has 27 heavy (non-hydrogen) atoms. The number of nitrogens with one attached hydrogen (secondary N) is 1. The molecule has 1 N–H and O–H groups in total. The lowest BCUT2D eigenvalue weighted by Crippen LogP contribution is -2.51. The van der Waals surface area contributed by atoms with Crippen LogP contribution in [0.15, 0.2) is 27.1 Å². The summed E-state index contributed by atoms with van der Waals surface area (Å²) in [4.78, 5) is 48.8. The average Bonchev–Trinajstić information content (AvgIpc) is 2.63. The maximum atomic E-state index is 12.6. The van der Waals surface area contributed by atoms with Gasteiger partial charge in [-0.2, -0.15) is 0 Å². The number of benzene rings is 1. The van der Waals surface area contributed by atoms with Crippen LogP contribution < -0.4 is 5.32 Å². The predicted molar refractivity (Wildman–Crippen MR) is 102 cm³/mol. The van der Waals surface area contributed by atoms with Gasteiger partial charge in [0, 0.05) is 20.4 Å². The lowest BCUT2D eigenvalue weighted by Gasteiger charge is -2.27. The minimum atomic E-state index is -1.42. The zero-order valence-corrected chi connectivity index (χ0v) is 18.2. The summed E-state index contributed by atoms with van der Waals surface area (Å²) in [5.74, 6) is -5.59. The van der Waals surface area contributed by atoms with Gasteiger partial charge in [0.1, 0.15) is 6.04 Å². The van der Waals surface area contributed by atoms with Crippen LogP contribution in [-0.2, 0) is 28.6 Å². The van der Waals surface area contributed by atoms with E-state index in [0.717, 1.165) is 21.3 Å². The van der Waals surface area contributed by atoms with Crippen LogP contribution in [0.2, 0.25) is 0 Å². The van der Waals surface area contributed by atoms with Gasteiger partial charge in [-0.3, -0.25) is 14.4 Å². The number of carbonyl (C=O) groups excluding carboxylic acids is 4. The van der Waals surface area contributed by atoms with Gasteiger partial charge in [-0.25, -0.2) is 4.79 Å². The van der Waals surface area contributed by atoms with Crippen molar-refractivity contribution >= 4 is 55.7 Å². The molecule has 10 heteroatoms. The van der Waals surface area contributed by atoms with Gasteiger partial charge in [-0.15, -0.1) is 0 Å². The van der Waals surface area contributed by atoms with Gasteiger partial charge in [-0.1, -0.05) is 38.8 Å². The summed E-state index contributed by atoms with van der Waals surface area (Å²) >= 11 is 6.55. The molecular weight excluding hydrogens is 490 g/mol. The van der Waals surface area contributed by atoms with Crippen LogP contribution in [-0.4, -0.2) is 51.2 Å². The first-order valence-electron chi connectivity index (χ1n) is 7.66. The summed E-state index contributed by atoms with van der Waals surface area (Å²) in [5.41, 5.74) is 0.255. The molecule has 0 heterocycles. The van der Waals surface area contributed by atoms with Gasteiger partial charge in [0.05, 0.1) is 21.3 Å². The highest BCUT2D eigenvalue weighted by atomic mass is 79.9. The van der Waals surface area contributed by atoms with Gasteiger partial charge >= 0.3 is 17.9 Å². The monoisotopic (exact) mass is 507 g/mol. The van der Waals surface area contributed by atoms with Crippen LogP contribution in [0.3, 0.4) is 0 Å². The highest BCUT2D eigenvalue weighted by Gasteiger charge is 2.42. The van der Waals surface area contributed by atoms with E-state index in [1.54, 1.807) is 18.2 Å². The standard InChI is InChI=1S/C17H19Br2NO7/c1-8(12(15(22)25-2)16(23)26-3)13(17(24)27-4)20-14(21)9-5-10(18)7-11(19)6-9/h5-8,12-13H,1-4H3,(H,20,21)/t8-,13-/m0/s1. The molecule has 148 valence electrons. The van der Waals surface area contributed by atoms with E-state index >= 15 is 0 Å². The fraction of sp³-hybridized carbons (Fsp3) is 0.412. The molecule has 1 amide bonds. The van der Waals surface area contributed by atoms with E-state index in [4.69, 9.17) is 4.74 Å². The minimum absolute atomic E-state index is 0.255. The van der Waals surface area contributed by atoms with Crippen molar-refractivity contribution in [2.24, 2.45) is 11.8 Å². The number of hydrogen-bond donors (Lipinski definition) is 1. The Labute approximate surface area is 173 Å². The normalized spacial score (nSPS) is 12.7. The second-order valence-corrected chi connectivity index (χ2v) is 7.35. The lowest BCUT2D eigenvalue weighted by atomic mass is 9.87. The number of hydrogen-bond acceptors (Lipinski definition) is 7. The number of carbonyl (C=O) groups is 4. The van der Waals surface area contributed by atoms with Gasteiger partial charge in [0.2, 0.25) is 0 Å². The highest BCUT2D eigenvalue weighted by molar-refractivity contribution is 9.11. The van der Waals surface area contributed by atoms with Crippen LogP contribution in [0, 0.1) is 11.8 Å². The third kappa shape index (κ3) is 6.03. The SMILES string of the molecule is COC(=O)C(C(=O)OC)[C@H](C)[C@H](NC(=O)c1cc(Br)cc(Br)c1)C(=O)OC. The molecule has 0 saturated carbocycles. The summed E-state index contributed by atoms with van der Waals surface area (Å²) in [7, 11) is 3.35. The fourth-order valence-corrected chi connectivity index (χ4v) is 3.71. The van der Waals surface area contributed by atoms with E-state index in [-0.39, 0.29) is 5.56 Å². The van der Waals surface area contributed by atoms with E-state index in [9.17, 15) is 19.2 Å². The zero-order chi connectivity index (χ0) is 20.7. The number of rotatable bonds is 7. The van der Waals surface area contributed by atoms with Gasteiger partial charge in [0.15, 0.2) is 5.92 Å². The van der Waals surface area contributed by atoms with Crippen molar-refractivity contribution < 1.29 is 33.4 Å². The Balaban J connectivity index is 3.20. The predicted octanol–water partition coefficient (Wildman–Crippen LogP) is 2.08. The van der Waals surface area contributed by atoms with Crippen molar-refractivity contribution in [2.45, 2.75) is 13.0 Å². The quantitative estimate of drug-likeness (QED) is 0.341. The summed E-state index contributed by atoms with van der Waals surface area (Å²) in [5, 5.41) is 2.51. The first kappa shape index (κ1) is 23.1. The maximum absolute atomic E-state index is 12.6. The van der Waals surface area contributed by atoms with E-state index < -0.39 is 41.7 Å². The Morgan fingerprint density at radius 2 is 1.30 bits per heavy atom. The highest BCUT2D eigenvalue weighted by Crippen LogP contribution is 2.23. The summed E-state index contributed by atoms with van der Waals surface area (Å²) in [6.45, 7) is 1.44. The van der Waals surface area contributed by atoms with Crippen molar-refractivity contribution in [1.29, 1.82) is 0 Å². The Morgan fingerprint density at radius 1 is 0.852 bits per heavy atom. The molecule has 0 bridgehead atoms. The van der Waals surface area contributed by atoms with Crippen molar-refractivity contribution in [1.82, 2.24) is 5.32 Å². The molecule has 0 spiro atoms. The number of amides is 1. The van der Waals surface area contributed by atoms with Crippen LogP contribution in [0.5, 0.6) is 0 Å². The summed E-state index contributed by atoms with van der Waals surface area (Å²) in [6.07, 6.45) is 0. The van der Waals surface area contributed by atoms with Crippen molar-refractivity contribution in [3.8, 4) is 0 Å². The van der Waals surface area contributed by atoms with Crippen LogP contribution in [0.4, 0.5) is 0 Å². The molecule has 1 aromatic rings. The fourth-order valence-electron chi connectivity index (χ4n) is 2.41. The first-order chi connectivity index (χ1) is 12.7. The topological polar surface area (TPSA) is 108 Å². The Bertz CT molecular complexity index is 702. The molecule has 1 rings (SSSR count). The second kappa shape index (κ2) is 10.4. The van der Waals surface area contributed by atoms with E-state index in [1.807, 2.05) is 0 Å². The molecule has 0 radical (unpaired) electrons. The molecule has 0 saturated heterocycles. The molecule has 0 fully saturated rings. The molecule has 0 aromatic heterocycles. The molecule has 1 aromatic carbocycles. The Kier molecular flexibility index (Phi) is 8.91. The lowest BCUT2D eigenvalue weighted by molar-refractivity contribution is -0.162. The van der Waals surface area contributed by atoms with Crippen molar-refractivity contribution in [2.75, 3.05) is 21.3 Å². The van der Waals surface area contributed by atoms with Crippen LogP contribution in [0.25, 0.3) is 0 Å². The molecular formula is C17H19Br2NO7.